The number of hydrogen-bond donors (Lipinski definition) is 1. The van der Waals surface area contributed by atoms with Gasteiger partial charge in [0.15, 0.2) is 9.84 Å². The molecule has 8 heteroatoms. The molecule has 1 heterocycles. The van der Waals surface area contributed by atoms with E-state index in [9.17, 15) is 13.2 Å². The van der Waals surface area contributed by atoms with Crippen molar-refractivity contribution in [3.63, 3.8) is 0 Å². The maximum Gasteiger partial charge on any atom is 0.235 e. The van der Waals surface area contributed by atoms with Gasteiger partial charge < -0.3 is 10.1 Å². The number of rotatable bonds is 8. The third-order valence-corrected chi connectivity index (χ3v) is 5.76. The average molecular weight is 394 g/mol. The zero-order chi connectivity index (χ0) is 19.9. The van der Waals surface area contributed by atoms with E-state index >= 15 is 0 Å². The van der Waals surface area contributed by atoms with Crippen LogP contribution in [0.4, 0.5) is 0 Å². The van der Waals surface area contributed by atoms with Gasteiger partial charge in [-0.1, -0.05) is 12.1 Å². The van der Waals surface area contributed by atoms with Crippen LogP contribution in [-0.4, -0.2) is 63.4 Å². The summed E-state index contributed by atoms with van der Waals surface area (Å²) >= 11 is 0. The highest BCUT2D eigenvalue weighted by atomic mass is 32.2. The van der Waals surface area contributed by atoms with Crippen molar-refractivity contribution >= 4 is 15.7 Å². The van der Waals surface area contributed by atoms with E-state index in [0.717, 1.165) is 26.1 Å². The molecule has 0 saturated carbocycles. The second kappa shape index (κ2) is 9.83. The first-order valence-corrected chi connectivity index (χ1v) is 10.9. The minimum Gasteiger partial charge on any atom is -0.373 e. The highest BCUT2D eigenvalue weighted by Crippen LogP contribution is 2.11. The van der Waals surface area contributed by atoms with Crippen LogP contribution >= 0.6 is 0 Å². The molecule has 1 aliphatic heterocycles. The molecule has 2 atom stereocenters. The molecule has 1 amide bonds. The van der Waals surface area contributed by atoms with Gasteiger partial charge in [0.05, 0.1) is 29.6 Å². The Bertz CT molecular complexity index is 761. The Morgan fingerprint density at radius 3 is 2.48 bits per heavy atom. The van der Waals surface area contributed by atoms with E-state index < -0.39 is 21.5 Å². The molecule has 0 spiro atoms. The molecule has 1 aliphatic rings. The number of carbonyl (C=O) groups is 1. The number of nitriles is 1. The van der Waals surface area contributed by atoms with E-state index in [0.29, 0.717) is 17.7 Å². The summed E-state index contributed by atoms with van der Waals surface area (Å²) in [5.41, 5.74) is 1.04. The Morgan fingerprint density at radius 1 is 1.26 bits per heavy atom. The van der Waals surface area contributed by atoms with Crippen LogP contribution in [0, 0.1) is 11.3 Å². The Hall–Kier alpha value is -1.95. The van der Waals surface area contributed by atoms with Crippen molar-refractivity contribution in [1.29, 1.82) is 5.26 Å². The Balaban J connectivity index is 1.70. The lowest BCUT2D eigenvalue weighted by molar-refractivity contribution is -0.118. The fraction of sp³-hybridized carbons (Fsp3) is 0.579. The van der Waals surface area contributed by atoms with Crippen molar-refractivity contribution in [2.45, 2.75) is 38.2 Å². The molecule has 148 valence electrons. The number of amides is 1. The Labute approximate surface area is 161 Å². The van der Waals surface area contributed by atoms with Crippen LogP contribution in [0.5, 0.6) is 0 Å². The molecule has 1 N–H and O–H groups in total. The van der Waals surface area contributed by atoms with Crippen molar-refractivity contribution in [3.8, 4) is 6.07 Å². The quantitative estimate of drug-likeness (QED) is 0.664. The molecule has 1 saturated heterocycles. The molecule has 0 aromatic heterocycles. The summed E-state index contributed by atoms with van der Waals surface area (Å²) in [6, 6.07) is 8.31. The van der Waals surface area contributed by atoms with Crippen LogP contribution in [0.2, 0.25) is 0 Å². The number of morpholine rings is 1. The number of ether oxygens (including phenoxy) is 1. The summed E-state index contributed by atoms with van der Waals surface area (Å²) in [5.74, 6) is -1.22. The van der Waals surface area contributed by atoms with Crippen molar-refractivity contribution in [2.75, 3.05) is 31.9 Å². The van der Waals surface area contributed by atoms with Gasteiger partial charge in [-0.25, -0.2) is 8.42 Å². The average Bonchev–Trinajstić information content (AvgIpc) is 2.58. The van der Waals surface area contributed by atoms with Gasteiger partial charge in [-0.3, -0.25) is 9.69 Å². The minimum absolute atomic E-state index is 0.204. The third-order valence-electron chi connectivity index (χ3n) is 4.29. The standard InChI is InChI=1S/C19H27N3O4S/c1-15-11-22(12-16(2)26-15)9-3-8-21-19(23)14-27(24,25)13-18-6-4-17(10-20)5-7-18/h4-7,15-16H,3,8-9,11-14H2,1-2H3,(H,21,23). The van der Waals surface area contributed by atoms with Crippen LogP contribution in [-0.2, 0) is 25.1 Å². The van der Waals surface area contributed by atoms with Gasteiger partial charge in [0.2, 0.25) is 5.91 Å². The Morgan fingerprint density at radius 2 is 1.89 bits per heavy atom. The minimum atomic E-state index is -3.55. The molecule has 0 aliphatic carbocycles. The van der Waals surface area contributed by atoms with E-state index in [1.807, 2.05) is 19.9 Å². The summed E-state index contributed by atoms with van der Waals surface area (Å²) in [5, 5.41) is 11.4. The van der Waals surface area contributed by atoms with E-state index in [2.05, 4.69) is 10.2 Å². The largest absolute Gasteiger partial charge is 0.373 e. The molecule has 1 aromatic carbocycles. The van der Waals surface area contributed by atoms with Crippen molar-refractivity contribution in [2.24, 2.45) is 0 Å². The number of nitrogens with zero attached hydrogens (tertiary/aromatic N) is 2. The summed E-state index contributed by atoms with van der Waals surface area (Å²) in [6.07, 6.45) is 1.17. The van der Waals surface area contributed by atoms with Crippen LogP contribution in [0.1, 0.15) is 31.4 Å². The molecule has 27 heavy (non-hydrogen) atoms. The summed E-state index contributed by atoms with van der Waals surface area (Å²) in [7, 11) is -3.55. The third kappa shape index (κ3) is 7.67. The lowest BCUT2D eigenvalue weighted by atomic mass is 10.2. The second-order valence-electron chi connectivity index (χ2n) is 7.06. The van der Waals surface area contributed by atoms with E-state index in [1.165, 1.54) is 0 Å². The van der Waals surface area contributed by atoms with Gasteiger partial charge in [-0.15, -0.1) is 0 Å². The molecule has 7 nitrogen and oxygen atoms in total. The van der Waals surface area contributed by atoms with Crippen molar-refractivity contribution in [1.82, 2.24) is 10.2 Å². The van der Waals surface area contributed by atoms with E-state index in [1.54, 1.807) is 24.3 Å². The van der Waals surface area contributed by atoms with Crippen molar-refractivity contribution in [3.05, 3.63) is 35.4 Å². The normalized spacial score (nSPS) is 20.8. The highest BCUT2D eigenvalue weighted by Gasteiger charge is 2.22. The predicted octanol–water partition coefficient (Wildman–Crippen LogP) is 1.09. The second-order valence-corrected chi connectivity index (χ2v) is 9.13. The first kappa shape index (κ1) is 21.4. The molecule has 0 radical (unpaired) electrons. The molecule has 2 unspecified atom stereocenters. The highest BCUT2D eigenvalue weighted by molar-refractivity contribution is 7.91. The monoisotopic (exact) mass is 393 g/mol. The Kier molecular flexibility index (Phi) is 7.78. The van der Waals surface area contributed by atoms with Gasteiger partial charge in [0.25, 0.3) is 0 Å². The van der Waals surface area contributed by atoms with E-state index in [4.69, 9.17) is 10.00 Å². The van der Waals surface area contributed by atoms with Gasteiger partial charge in [-0.2, -0.15) is 5.26 Å². The predicted molar refractivity (Wildman–Crippen MR) is 103 cm³/mol. The molecule has 0 bridgehead atoms. The van der Waals surface area contributed by atoms with Crippen molar-refractivity contribution < 1.29 is 17.9 Å². The molecule has 2 rings (SSSR count). The van der Waals surface area contributed by atoms with Gasteiger partial charge in [0.1, 0.15) is 5.75 Å². The summed E-state index contributed by atoms with van der Waals surface area (Å²) < 4.78 is 30.0. The maximum atomic E-state index is 12.2. The number of sulfone groups is 1. The topological polar surface area (TPSA) is 99.5 Å². The number of hydrogen-bond acceptors (Lipinski definition) is 6. The summed E-state index contributed by atoms with van der Waals surface area (Å²) in [6.45, 7) is 7.13. The number of carbonyl (C=O) groups excluding carboxylic acids is 1. The smallest absolute Gasteiger partial charge is 0.235 e. The summed E-state index contributed by atoms with van der Waals surface area (Å²) in [4.78, 5) is 14.2. The first-order chi connectivity index (χ1) is 12.8. The van der Waals surface area contributed by atoms with Gasteiger partial charge in [-0.05, 0) is 38.0 Å². The first-order valence-electron chi connectivity index (χ1n) is 9.11. The molecular formula is C19H27N3O4S. The number of benzene rings is 1. The van der Waals surface area contributed by atoms with Crippen LogP contribution in [0.25, 0.3) is 0 Å². The molecule has 1 fully saturated rings. The van der Waals surface area contributed by atoms with Gasteiger partial charge in [0, 0.05) is 26.2 Å². The zero-order valence-corrected chi connectivity index (χ0v) is 16.7. The lowest BCUT2D eigenvalue weighted by Crippen LogP contribution is -2.46. The molecular weight excluding hydrogens is 366 g/mol. The SMILES string of the molecule is CC1CN(CCCNC(=O)CS(=O)(=O)Cc2ccc(C#N)cc2)CC(C)O1. The maximum absolute atomic E-state index is 12.2. The number of nitrogens with one attached hydrogen (secondary N) is 1. The lowest BCUT2D eigenvalue weighted by Gasteiger charge is -2.35. The zero-order valence-electron chi connectivity index (χ0n) is 15.8. The van der Waals surface area contributed by atoms with E-state index in [-0.39, 0.29) is 18.0 Å². The van der Waals surface area contributed by atoms with Gasteiger partial charge >= 0.3 is 0 Å². The molecule has 1 aromatic rings. The fourth-order valence-electron chi connectivity index (χ4n) is 3.23. The fourth-order valence-corrected chi connectivity index (χ4v) is 4.53. The van der Waals surface area contributed by atoms with Crippen LogP contribution < -0.4 is 5.32 Å². The van der Waals surface area contributed by atoms with Crippen LogP contribution in [0.3, 0.4) is 0 Å². The van der Waals surface area contributed by atoms with Crippen LogP contribution in [0.15, 0.2) is 24.3 Å².